The molecule has 7 aromatic rings. The molecule has 3 saturated heterocycles. The number of nitro benzene ring substituents is 1. The second-order valence-electron chi connectivity index (χ2n) is 21.2. The molecule has 0 radical (unpaired) electrons. The Bertz CT molecular complexity index is 3380. The zero-order valence-corrected chi connectivity index (χ0v) is 43.7. The van der Waals surface area contributed by atoms with Gasteiger partial charge in [0.15, 0.2) is 0 Å². The first-order valence-electron chi connectivity index (χ1n) is 26.1. The highest BCUT2D eigenvalue weighted by Crippen LogP contribution is 2.53. The summed E-state index contributed by atoms with van der Waals surface area (Å²) in [6.07, 6.45) is 8.85. The van der Waals surface area contributed by atoms with Crippen molar-refractivity contribution in [3.8, 4) is 17.2 Å². The number of aromatic nitrogens is 4. The molecular weight excluding hydrogens is 992 g/mol. The number of carbonyl (C=O) groups is 1. The number of piperidine rings is 1. The van der Waals surface area contributed by atoms with Gasteiger partial charge < -0.3 is 34.4 Å². The molecule has 1 aliphatic carbocycles. The van der Waals surface area contributed by atoms with E-state index in [9.17, 15) is 23.3 Å². The predicted molar refractivity (Wildman–Crippen MR) is 288 cm³/mol. The molecule has 3 aliphatic heterocycles. The molecule has 1 atom stereocenters. The van der Waals surface area contributed by atoms with Crippen molar-refractivity contribution in [1.29, 1.82) is 0 Å². The summed E-state index contributed by atoms with van der Waals surface area (Å²) in [6.45, 7) is 10.1. The van der Waals surface area contributed by atoms with Gasteiger partial charge in [-0.25, -0.2) is 27.5 Å². The number of rotatable bonds is 16. The average molecular weight is 1060 g/mol. The monoisotopic (exact) mass is 1050 g/mol. The summed E-state index contributed by atoms with van der Waals surface area (Å²) in [4.78, 5) is 47.6. The Hall–Kier alpha value is -7.13. The van der Waals surface area contributed by atoms with Crippen molar-refractivity contribution in [3.63, 3.8) is 0 Å². The van der Waals surface area contributed by atoms with Crippen LogP contribution in [0.2, 0.25) is 0 Å². The van der Waals surface area contributed by atoms with Crippen LogP contribution in [0, 0.1) is 15.5 Å². The fraction of sp³-hybridized carbons (Fsp3) is 0.411. The van der Waals surface area contributed by atoms with Crippen molar-refractivity contribution in [2.24, 2.45) is 5.41 Å². The van der Waals surface area contributed by atoms with Crippen molar-refractivity contribution in [2.45, 2.75) is 87.5 Å². The van der Waals surface area contributed by atoms with Crippen LogP contribution in [0.25, 0.3) is 22.1 Å². The number of fused-ring (bicyclic) bond motifs is 2. The van der Waals surface area contributed by atoms with E-state index in [1.165, 1.54) is 35.3 Å². The highest BCUT2D eigenvalue weighted by molar-refractivity contribution is 7.90. The number of nitro groups is 1. The third-order valence-corrected chi connectivity index (χ3v) is 17.5. The topological polar surface area (TPSA) is 213 Å². The van der Waals surface area contributed by atoms with E-state index in [-0.39, 0.29) is 72.1 Å². The summed E-state index contributed by atoms with van der Waals surface area (Å²) >= 11 is 0. The van der Waals surface area contributed by atoms with Gasteiger partial charge >= 0.3 is 0 Å². The number of anilines is 2. The van der Waals surface area contributed by atoms with Gasteiger partial charge in [0, 0.05) is 113 Å². The van der Waals surface area contributed by atoms with Crippen LogP contribution < -0.4 is 24.4 Å². The van der Waals surface area contributed by atoms with Crippen molar-refractivity contribution >= 4 is 55.1 Å². The Kier molecular flexibility index (Phi) is 13.9. The van der Waals surface area contributed by atoms with Gasteiger partial charge in [0.25, 0.3) is 21.6 Å². The zero-order valence-electron chi connectivity index (χ0n) is 42.9. The third kappa shape index (κ3) is 10.3. The molecule has 4 aliphatic rings. The minimum Gasteiger partial charge on any atom is -0.497 e. The molecule has 1 amide bonds. The first-order chi connectivity index (χ1) is 36.7. The van der Waals surface area contributed by atoms with Crippen molar-refractivity contribution in [3.05, 3.63) is 136 Å². The largest absolute Gasteiger partial charge is 0.497 e. The number of pyridine rings is 1. The Balaban J connectivity index is 0.810. The van der Waals surface area contributed by atoms with Crippen LogP contribution in [0.5, 0.6) is 17.2 Å². The maximum atomic E-state index is 15.6. The SMILES string of the molecule is COc1ccc(CN2CCN(C3CC4(CCN(c5ccc(C(=O)NS(=O)(=O)c6cc([N+](=O)[O-])c(NCC7(F)CCOCC7)c7[nH]cnc67)c(Oc6cnc7[nH]ccc7c6)c5)CC4)C3)C(c3ccccc3C(C)C)C2)cc1. The number of aromatic amines is 2. The zero-order chi connectivity index (χ0) is 52.8. The number of hydrogen-bond donors (Lipinski definition) is 4. The number of halogens is 1. The predicted octanol–water partition coefficient (Wildman–Crippen LogP) is 9.63. The van der Waals surface area contributed by atoms with Crippen molar-refractivity contribution in [2.75, 3.05) is 69.8 Å². The van der Waals surface area contributed by atoms with Gasteiger partial charge in [-0.1, -0.05) is 50.2 Å². The van der Waals surface area contributed by atoms with Gasteiger partial charge in [0.2, 0.25) is 0 Å². The van der Waals surface area contributed by atoms with Crippen LogP contribution in [-0.4, -0.2) is 120 Å². The number of benzene rings is 4. The number of ether oxygens (including phenoxy) is 3. The lowest BCUT2D eigenvalue weighted by molar-refractivity contribution is -0.384. The number of piperazine rings is 1. The van der Waals surface area contributed by atoms with Crippen molar-refractivity contribution in [1.82, 2.24) is 34.5 Å². The molecule has 1 unspecified atom stereocenters. The number of hydrogen-bond acceptors (Lipinski definition) is 14. The normalized spacial score (nSPS) is 19.2. The molecule has 1 spiro atoms. The second-order valence-corrected chi connectivity index (χ2v) is 22.9. The van der Waals surface area contributed by atoms with Crippen LogP contribution in [0.15, 0.2) is 109 Å². The van der Waals surface area contributed by atoms with Gasteiger partial charge in [-0.3, -0.25) is 24.7 Å². The summed E-state index contributed by atoms with van der Waals surface area (Å²) in [6, 6.07) is 27.6. The highest BCUT2D eigenvalue weighted by atomic mass is 32.2. The number of carbonyl (C=O) groups excluding carboxylic acids is 1. The van der Waals surface area contributed by atoms with Crippen LogP contribution in [0.1, 0.15) is 91.4 Å². The summed E-state index contributed by atoms with van der Waals surface area (Å²) in [7, 11) is -3.13. The van der Waals surface area contributed by atoms with Crippen LogP contribution in [0.4, 0.5) is 21.5 Å². The van der Waals surface area contributed by atoms with E-state index in [4.69, 9.17) is 14.2 Å². The van der Waals surface area contributed by atoms with Gasteiger partial charge in [0.1, 0.15) is 44.7 Å². The minimum absolute atomic E-state index is 0.0319. The summed E-state index contributed by atoms with van der Waals surface area (Å²) < 4.78 is 63.4. The number of methoxy groups -OCH3 is 1. The standard InChI is InChI=1S/C56H63FN10O8S/c1-36(2)43-6-4-5-7-44(43)47-33-64(32-37-8-11-41(73-3)12-9-37)22-23-66(47)40-29-55(30-40)15-20-65(21-16-55)39-10-13-45(48(27-39)75-42-26-38-14-19-58-53(38)59-31-42)54(68)63-76(71,72)49-28-46(67(69)70)50(52-51(49)61-35-62-52)60-34-56(57)17-24-74-25-18-56/h4-14,19,26-28,31,35-36,40,47,60H,15-18,20-25,29-30,32-34H2,1-3H3,(H,58,59)(H,61,62)(H,63,68). The number of amides is 1. The van der Waals surface area contributed by atoms with Crippen molar-refractivity contribution < 1.29 is 36.7 Å². The lowest BCUT2D eigenvalue weighted by atomic mass is 9.59. The molecule has 1 saturated carbocycles. The van der Waals surface area contributed by atoms with E-state index in [1.54, 1.807) is 31.5 Å². The highest BCUT2D eigenvalue weighted by Gasteiger charge is 2.50. The van der Waals surface area contributed by atoms with E-state index >= 15 is 4.39 Å². The fourth-order valence-electron chi connectivity index (χ4n) is 11.9. The molecule has 18 nitrogen and oxygen atoms in total. The number of nitrogens with zero attached hydrogens (tertiary/aromatic N) is 6. The molecule has 3 aromatic heterocycles. The smallest absolute Gasteiger partial charge is 0.296 e. The molecule has 4 N–H and O–H groups in total. The molecule has 4 aromatic carbocycles. The van der Waals surface area contributed by atoms with E-state index in [0.29, 0.717) is 23.4 Å². The fourth-order valence-corrected chi connectivity index (χ4v) is 13.1. The molecule has 4 fully saturated rings. The third-order valence-electron chi connectivity index (χ3n) is 16.2. The lowest BCUT2D eigenvalue weighted by Gasteiger charge is -2.58. The first-order valence-corrected chi connectivity index (χ1v) is 27.6. The van der Waals surface area contributed by atoms with Gasteiger partial charge in [-0.15, -0.1) is 0 Å². The van der Waals surface area contributed by atoms with Gasteiger partial charge in [0.05, 0.1) is 35.6 Å². The molecule has 0 bridgehead atoms. The Morgan fingerprint density at radius 2 is 1.72 bits per heavy atom. The molecule has 76 heavy (non-hydrogen) atoms. The van der Waals surface area contributed by atoms with E-state index in [1.807, 2.05) is 18.2 Å². The first kappa shape index (κ1) is 51.0. The summed E-state index contributed by atoms with van der Waals surface area (Å²) in [5.74, 6) is 0.649. The van der Waals surface area contributed by atoms with Gasteiger partial charge in [-0.05, 0) is 90.1 Å². The summed E-state index contributed by atoms with van der Waals surface area (Å²) in [5.41, 5.74) is 2.99. The van der Waals surface area contributed by atoms with Crippen LogP contribution in [0.3, 0.4) is 0 Å². The number of H-pyrrole nitrogens is 2. The Morgan fingerprint density at radius 3 is 2.47 bits per heavy atom. The number of sulfonamides is 1. The molecule has 20 heteroatoms. The lowest BCUT2D eigenvalue weighted by Crippen LogP contribution is -2.60. The molecular formula is C56H63FN10O8S. The Morgan fingerprint density at radius 1 is 0.947 bits per heavy atom. The van der Waals surface area contributed by atoms with E-state index in [2.05, 4.69) is 94.9 Å². The van der Waals surface area contributed by atoms with E-state index in [0.717, 1.165) is 87.8 Å². The molecule has 11 rings (SSSR count). The van der Waals surface area contributed by atoms with Crippen LogP contribution in [-0.2, 0) is 21.3 Å². The van der Waals surface area contributed by atoms with Crippen LogP contribution >= 0.6 is 0 Å². The maximum Gasteiger partial charge on any atom is 0.296 e. The number of alkyl halides is 1. The minimum atomic E-state index is -4.83. The average Bonchev–Trinajstić information content (AvgIpc) is 4.11. The molecule has 6 heterocycles. The maximum absolute atomic E-state index is 15.6. The molecule has 398 valence electrons. The second kappa shape index (κ2) is 20.8. The quantitative estimate of drug-likeness (QED) is 0.0524. The summed E-state index contributed by atoms with van der Waals surface area (Å²) in [5, 5.41) is 16.1. The number of nitrogens with one attached hydrogen (secondary N) is 4. The number of imidazole rings is 1. The van der Waals surface area contributed by atoms with E-state index < -0.39 is 37.1 Å². The van der Waals surface area contributed by atoms with Gasteiger partial charge in [-0.2, -0.15) is 0 Å². The Labute approximate surface area is 440 Å².